The van der Waals surface area contributed by atoms with Gasteiger partial charge in [0.05, 0.1) is 10.6 Å². The smallest absolute Gasteiger partial charge is 0.272 e. The molecule has 1 saturated carbocycles. The van der Waals surface area contributed by atoms with E-state index in [1.54, 1.807) is 23.6 Å². The van der Waals surface area contributed by atoms with Crippen LogP contribution in [0.4, 0.5) is 0 Å². The summed E-state index contributed by atoms with van der Waals surface area (Å²) in [6.45, 7) is 0.357. The summed E-state index contributed by atoms with van der Waals surface area (Å²) >= 11 is 1.60. The van der Waals surface area contributed by atoms with E-state index in [1.807, 2.05) is 29.6 Å². The van der Waals surface area contributed by atoms with Crippen LogP contribution in [0.3, 0.4) is 0 Å². The number of aromatic nitrogens is 3. The minimum atomic E-state index is -0.222. The molecular weight excluding hydrogens is 348 g/mol. The maximum Gasteiger partial charge on any atom is 0.272 e. The van der Waals surface area contributed by atoms with Crippen molar-refractivity contribution in [2.24, 2.45) is 0 Å². The number of pyridine rings is 1. The predicted molar refractivity (Wildman–Crippen MR) is 100 cm³/mol. The number of carbonyl (C=O) groups excluding carboxylic acids is 1. The number of H-pyrrole nitrogens is 1. The Morgan fingerprint density at radius 2 is 2.19 bits per heavy atom. The number of hydrogen-bond acceptors (Lipinski definition) is 5. The van der Waals surface area contributed by atoms with Gasteiger partial charge < -0.3 is 10.1 Å². The van der Waals surface area contributed by atoms with Crippen molar-refractivity contribution in [2.75, 3.05) is 0 Å². The van der Waals surface area contributed by atoms with Crippen molar-refractivity contribution in [3.05, 3.63) is 53.2 Å². The second-order valence-corrected chi connectivity index (χ2v) is 7.27. The van der Waals surface area contributed by atoms with Crippen LogP contribution in [-0.4, -0.2) is 27.2 Å². The van der Waals surface area contributed by atoms with Gasteiger partial charge in [-0.05, 0) is 49.3 Å². The maximum absolute atomic E-state index is 12.4. The lowest BCUT2D eigenvalue weighted by atomic mass is 10.2. The highest BCUT2D eigenvalue weighted by molar-refractivity contribution is 7.13. The van der Waals surface area contributed by atoms with E-state index in [0.29, 0.717) is 18.1 Å². The Morgan fingerprint density at radius 1 is 1.31 bits per heavy atom. The summed E-state index contributed by atoms with van der Waals surface area (Å²) in [5, 5.41) is 11.9. The van der Waals surface area contributed by atoms with Crippen molar-refractivity contribution in [1.29, 1.82) is 0 Å². The zero-order chi connectivity index (χ0) is 17.8. The fourth-order valence-corrected chi connectivity index (χ4v) is 3.78. The van der Waals surface area contributed by atoms with Gasteiger partial charge in [-0.1, -0.05) is 12.1 Å². The van der Waals surface area contributed by atoms with Crippen molar-refractivity contribution in [1.82, 2.24) is 20.5 Å². The van der Waals surface area contributed by atoms with Crippen molar-refractivity contribution in [3.63, 3.8) is 0 Å². The van der Waals surface area contributed by atoms with E-state index in [9.17, 15) is 4.79 Å². The molecule has 7 heteroatoms. The van der Waals surface area contributed by atoms with E-state index in [1.165, 1.54) is 12.8 Å². The molecule has 0 bridgehead atoms. The highest BCUT2D eigenvalue weighted by atomic mass is 32.1. The Balaban J connectivity index is 1.40. The third kappa shape index (κ3) is 3.77. The Labute approximate surface area is 155 Å². The minimum absolute atomic E-state index is 0.222. The van der Waals surface area contributed by atoms with Gasteiger partial charge in [-0.2, -0.15) is 5.10 Å². The fraction of sp³-hybridized carbons (Fsp3) is 0.316. The van der Waals surface area contributed by atoms with Crippen molar-refractivity contribution >= 4 is 17.2 Å². The maximum atomic E-state index is 12.4. The number of amides is 1. The lowest BCUT2D eigenvalue weighted by Crippen LogP contribution is -2.24. The zero-order valence-electron chi connectivity index (χ0n) is 14.3. The number of nitrogens with zero attached hydrogens (tertiary/aromatic N) is 2. The molecule has 26 heavy (non-hydrogen) atoms. The van der Waals surface area contributed by atoms with Crippen LogP contribution < -0.4 is 10.1 Å². The molecule has 1 fully saturated rings. The van der Waals surface area contributed by atoms with E-state index in [4.69, 9.17) is 4.74 Å². The highest BCUT2D eigenvalue weighted by Gasteiger charge is 2.19. The van der Waals surface area contributed by atoms with Gasteiger partial charge in [0.1, 0.15) is 6.10 Å². The number of hydrogen-bond donors (Lipinski definition) is 2. The molecule has 0 unspecified atom stereocenters. The molecule has 0 aromatic carbocycles. The zero-order valence-corrected chi connectivity index (χ0v) is 15.1. The fourth-order valence-electron chi connectivity index (χ4n) is 3.09. The molecule has 134 valence electrons. The third-order valence-electron chi connectivity index (χ3n) is 4.47. The molecule has 1 aliphatic carbocycles. The van der Waals surface area contributed by atoms with Gasteiger partial charge >= 0.3 is 0 Å². The normalized spacial score (nSPS) is 14.5. The Hall–Kier alpha value is -2.67. The van der Waals surface area contributed by atoms with Crippen LogP contribution in [0.25, 0.3) is 10.6 Å². The van der Waals surface area contributed by atoms with Gasteiger partial charge in [0, 0.05) is 18.3 Å². The number of thiophene rings is 1. The molecule has 3 heterocycles. The molecular formula is C19H20N4O2S. The van der Waals surface area contributed by atoms with Crippen molar-refractivity contribution in [2.45, 2.75) is 38.3 Å². The van der Waals surface area contributed by atoms with Crippen LogP contribution >= 0.6 is 11.3 Å². The lowest BCUT2D eigenvalue weighted by Gasteiger charge is -2.15. The van der Waals surface area contributed by atoms with Gasteiger partial charge in [0.25, 0.3) is 5.91 Å². The molecule has 6 nitrogen and oxygen atoms in total. The van der Waals surface area contributed by atoms with Crippen LogP contribution in [0, 0.1) is 0 Å². The number of carbonyl (C=O) groups is 1. The molecule has 0 aliphatic heterocycles. The Bertz CT molecular complexity index is 869. The van der Waals surface area contributed by atoms with E-state index in [0.717, 1.165) is 29.0 Å². The lowest BCUT2D eigenvalue weighted by molar-refractivity contribution is 0.0945. The van der Waals surface area contributed by atoms with Crippen LogP contribution in [0.1, 0.15) is 41.7 Å². The monoisotopic (exact) mass is 368 g/mol. The predicted octanol–water partition coefficient (Wildman–Crippen LogP) is 3.78. The third-order valence-corrected chi connectivity index (χ3v) is 5.37. The molecule has 0 spiro atoms. The first-order chi connectivity index (χ1) is 12.8. The van der Waals surface area contributed by atoms with E-state index >= 15 is 0 Å². The standard InChI is InChI=1S/C19H20N4O2S/c24-18(16-11-15(22-23-16)17-8-4-10-26-17)21-12-13-5-3-9-20-19(13)25-14-6-1-2-7-14/h3-5,8-11,14H,1-2,6-7,12H2,(H,21,24)(H,22,23). The number of nitrogens with one attached hydrogen (secondary N) is 2. The molecule has 4 rings (SSSR count). The molecule has 0 atom stereocenters. The average molecular weight is 368 g/mol. The summed E-state index contributed by atoms with van der Waals surface area (Å²) in [5.74, 6) is 0.390. The molecule has 2 N–H and O–H groups in total. The molecule has 0 radical (unpaired) electrons. The summed E-state index contributed by atoms with van der Waals surface area (Å²) in [4.78, 5) is 17.8. The van der Waals surface area contributed by atoms with Gasteiger partial charge in [-0.25, -0.2) is 4.98 Å². The van der Waals surface area contributed by atoms with Gasteiger partial charge in [0.15, 0.2) is 5.69 Å². The summed E-state index contributed by atoms with van der Waals surface area (Å²) < 4.78 is 6.01. The van der Waals surface area contributed by atoms with Crippen LogP contribution in [0.2, 0.25) is 0 Å². The van der Waals surface area contributed by atoms with Gasteiger partial charge in [-0.3, -0.25) is 9.89 Å². The topological polar surface area (TPSA) is 79.9 Å². The summed E-state index contributed by atoms with van der Waals surface area (Å²) in [6, 6.07) is 9.50. The molecule has 0 saturated heterocycles. The van der Waals surface area contributed by atoms with Crippen molar-refractivity contribution in [3.8, 4) is 16.5 Å². The number of aromatic amines is 1. The quantitative estimate of drug-likeness (QED) is 0.694. The Morgan fingerprint density at radius 3 is 3.00 bits per heavy atom. The van der Waals surface area contributed by atoms with E-state index in [2.05, 4.69) is 20.5 Å². The van der Waals surface area contributed by atoms with Crippen LogP contribution in [-0.2, 0) is 6.54 Å². The highest BCUT2D eigenvalue weighted by Crippen LogP contribution is 2.25. The van der Waals surface area contributed by atoms with Crippen molar-refractivity contribution < 1.29 is 9.53 Å². The first-order valence-electron chi connectivity index (χ1n) is 8.77. The minimum Gasteiger partial charge on any atom is -0.474 e. The molecule has 1 aliphatic rings. The van der Waals surface area contributed by atoms with E-state index in [-0.39, 0.29) is 12.0 Å². The first-order valence-corrected chi connectivity index (χ1v) is 9.65. The van der Waals surface area contributed by atoms with Gasteiger partial charge in [0.2, 0.25) is 5.88 Å². The Kier molecular flexibility index (Phi) is 4.97. The number of rotatable bonds is 6. The van der Waals surface area contributed by atoms with Crippen LogP contribution in [0.15, 0.2) is 41.9 Å². The number of ether oxygens (including phenoxy) is 1. The van der Waals surface area contributed by atoms with E-state index < -0.39 is 0 Å². The van der Waals surface area contributed by atoms with Crippen LogP contribution in [0.5, 0.6) is 5.88 Å². The summed E-state index contributed by atoms with van der Waals surface area (Å²) in [5.41, 5.74) is 2.09. The second kappa shape index (κ2) is 7.70. The molecule has 3 aromatic rings. The second-order valence-electron chi connectivity index (χ2n) is 6.32. The summed E-state index contributed by atoms with van der Waals surface area (Å²) in [6.07, 6.45) is 6.50. The largest absolute Gasteiger partial charge is 0.474 e. The average Bonchev–Trinajstić information content (AvgIpc) is 3.41. The SMILES string of the molecule is O=C(NCc1cccnc1OC1CCCC1)c1cc(-c2cccs2)[nH]n1. The van der Waals surface area contributed by atoms with Gasteiger partial charge in [-0.15, -0.1) is 11.3 Å². The summed E-state index contributed by atoms with van der Waals surface area (Å²) in [7, 11) is 0. The first kappa shape index (κ1) is 16.8. The molecule has 1 amide bonds. The molecule has 3 aromatic heterocycles.